The molecule has 0 saturated heterocycles. The summed E-state index contributed by atoms with van der Waals surface area (Å²) in [4.78, 5) is 35.0. The van der Waals surface area contributed by atoms with Crippen molar-refractivity contribution in [3.8, 4) is 11.1 Å². The second kappa shape index (κ2) is 6.70. The number of carbonyl (C=O) groups excluding carboxylic acids is 1. The molecule has 8 heteroatoms. The molecule has 4 aromatic rings. The van der Waals surface area contributed by atoms with Crippen molar-refractivity contribution in [1.82, 2.24) is 4.57 Å². The summed E-state index contributed by atoms with van der Waals surface area (Å²) in [6.07, 6.45) is 0.805. The summed E-state index contributed by atoms with van der Waals surface area (Å²) in [5.74, 6) is -1.14. The fourth-order valence-electron chi connectivity index (χ4n) is 3.89. The minimum atomic E-state index is -0.745. The van der Waals surface area contributed by atoms with Crippen molar-refractivity contribution < 1.29 is 14.1 Å². The zero-order chi connectivity index (χ0) is 20.8. The van der Waals surface area contributed by atoms with E-state index in [0.29, 0.717) is 11.2 Å². The molecular formula is C22H15N3O5. The van der Waals surface area contributed by atoms with Gasteiger partial charge in [0, 0.05) is 11.8 Å². The highest BCUT2D eigenvalue weighted by molar-refractivity contribution is 5.92. The Morgan fingerprint density at radius 2 is 1.87 bits per heavy atom. The van der Waals surface area contributed by atoms with Gasteiger partial charge < -0.3 is 9.73 Å². The molecule has 1 heterocycles. The maximum atomic E-state index is 12.5. The van der Waals surface area contributed by atoms with E-state index >= 15 is 0 Å². The lowest BCUT2D eigenvalue weighted by Crippen LogP contribution is -2.24. The van der Waals surface area contributed by atoms with Gasteiger partial charge in [-0.15, -0.1) is 0 Å². The van der Waals surface area contributed by atoms with E-state index in [4.69, 9.17) is 4.42 Å². The fourth-order valence-corrected chi connectivity index (χ4v) is 3.89. The van der Waals surface area contributed by atoms with E-state index in [1.165, 1.54) is 29.3 Å². The molecule has 8 nitrogen and oxygen atoms in total. The number of fused-ring (bicyclic) bond motifs is 4. The van der Waals surface area contributed by atoms with Crippen molar-refractivity contribution in [1.29, 1.82) is 0 Å². The lowest BCUT2D eigenvalue weighted by molar-refractivity contribution is -0.384. The van der Waals surface area contributed by atoms with E-state index < -0.39 is 16.6 Å². The standard InChI is InChI=1S/C22H15N3O5/c26-21(12-24-19-8-6-16(25(28)29)11-20(19)30-22(24)27)23-15-5-7-18-14(10-15)9-13-3-1-2-4-17(13)18/h1-8,10-11H,9,12H2,(H,23,26). The lowest BCUT2D eigenvalue weighted by Gasteiger charge is -2.08. The summed E-state index contributed by atoms with van der Waals surface area (Å²) in [5, 5.41) is 13.7. The van der Waals surface area contributed by atoms with Crippen LogP contribution in [0.15, 0.2) is 69.9 Å². The van der Waals surface area contributed by atoms with Crippen LogP contribution < -0.4 is 11.1 Å². The molecule has 0 atom stereocenters. The molecular weight excluding hydrogens is 386 g/mol. The predicted octanol–water partition coefficient (Wildman–Crippen LogP) is 3.71. The summed E-state index contributed by atoms with van der Waals surface area (Å²) in [6.45, 7) is -0.263. The number of rotatable bonds is 4. The summed E-state index contributed by atoms with van der Waals surface area (Å²) in [5.41, 5.74) is 5.59. The van der Waals surface area contributed by atoms with Gasteiger partial charge >= 0.3 is 5.76 Å². The van der Waals surface area contributed by atoms with Crippen LogP contribution in [-0.2, 0) is 17.8 Å². The van der Waals surface area contributed by atoms with Gasteiger partial charge in [-0.05, 0) is 46.9 Å². The van der Waals surface area contributed by atoms with Crippen molar-refractivity contribution in [3.05, 3.63) is 92.5 Å². The third-order valence-electron chi connectivity index (χ3n) is 5.24. The number of benzene rings is 3. The Morgan fingerprint density at radius 1 is 1.07 bits per heavy atom. The first-order valence-corrected chi connectivity index (χ1v) is 9.28. The average molecular weight is 401 g/mol. The number of nitro benzene ring substituents is 1. The molecule has 148 valence electrons. The zero-order valence-corrected chi connectivity index (χ0v) is 15.6. The van der Waals surface area contributed by atoms with E-state index in [1.807, 2.05) is 30.3 Å². The molecule has 0 saturated carbocycles. The molecule has 30 heavy (non-hydrogen) atoms. The summed E-state index contributed by atoms with van der Waals surface area (Å²) >= 11 is 0. The number of anilines is 1. The van der Waals surface area contributed by atoms with Gasteiger partial charge in [-0.2, -0.15) is 0 Å². The van der Waals surface area contributed by atoms with Gasteiger partial charge in [0.25, 0.3) is 5.69 Å². The first kappa shape index (κ1) is 17.9. The quantitative estimate of drug-likeness (QED) is 0.365. The number of non-ortho nitro benzene ring substituents is 1. The summed E-state index contributed by atoms with van der Waals surface area (Å²) < 4.78 is 6.21. The number of amides is 1. The molecule has 1 aliphatic rings. The minimum Gasteiger partial charge on any atom is -0.407 e. The van der Waals surface area contributed by atoms with Crippen LogP contribution in [0.25, 0.3) is 22.2 Å². The van der Waals surface area contributed by atoms with Crippen LogP contribution in [0.4, 0.5) is 11.4 Å². The Kier molecular flexibility index (Phi) is 3.99. The maximum Gasteiger partial charge on any atom is 0.420 e. The molecule has 1 amide bonds. The second-order valence-corrected chi connectivity index (χ2v) is 7.12. The van der Waals surface area contributed by atoms with Crippen LogP contribution in [0.3, 0.4) is 0 Å². The molecule has 0 bridgehead atoms. The number of nitrogens with zero attached hydrogens (tertiary/aromatic N) is 2. The number of aromatic nitrogens is 1. The van der Waals surface area contributed by atoms with E-state index in [0.717, 1.165) is 22.1 Å². The normalized spacial score (nSPS) is 11.9. The number of hydrogen-bond acceptors (Lipinski definition) is 5. The van der Waals surface area contributed by atoms with Crippen molar-refractivity contribution in [3.63, 3.8) is 0 Å². The number of nitro groups is 1. The van der Waals surface area contributed by atoms with E-state index in [-0.39, 0.29) is 17.8 Å². The Hall–Kier alpha value is -4.20. The predicted molar refractivity (Wildman–Crippen MR) is 110 cm³/mol. The summed E-state index contributed by atoms with van der Waals surface area (Å²) in [7, 11) is 0. The number of oxazole rings is 1. The van der Waals surface area contributed by atoms with Crippen molar-refractivity contribution >= 4 is 28.4 Å². The highest BCUT2D eigenvalue weighted by Gasteiger charge is 2.19. The summed E-state index contributed by atoms with van der Waals surface area (Å²) in [6, 6.07) is 17.8. The van der Waals surface area contributed by atoms with E-state index in [9.17, 15) is 19.7 Å². The fraction of sp³-hybridized carbons (Fsp3) is 0.0909. The Labute approximate surface area is 169 Å². The van der Waals surface area contributed by atoms with Gasteiger partial charge in [0.2, 0.25) is 5.91 Å². The monoisotopic (exact) mass is 401 g/mol. The maximum absolute atomic E-state index is 12.5. The average Bonchev–Trinajstić information content (AvgIpc) is 3.24. The van der Waals surface area contributed by atoms with Crippen LogP contribution in [-0.4, -0.2) is 15.4 Å². The third kappa shape index (κ3) is 2.95. The van der Waals surface area contributed by atoms with Crippen LogP contribution in [0.2, 0.25) is 0 Å². The topological polar surface area (TPSA) is 107 Å². The lowest BCUT2D eigenvalue weighted by atomic mass is 10.1. The molecule has 3 aromatic carbocycles. The molecule has 1 aromatic heterocycles. The first-order chi connectivity index (χ1) is 14.5. The van der Waals surface area contributed by atoms with Gasteiger partial charge in [0.05, 0.1) is 16.5 Å². The van der Waals surface area contributed by atoms with Crippen molar-refractivity contribution in [2.45, 2.75) is 13.0 Å². The third-order valence-corrected chi connectivity index (χ3v) is 5.24. The van der Waals surface area contributed by atoms with Gasteiger partial charge in [-0.3, -0.25) is 19.5 Å². The molecule has 1 N–H and O–H groups in total. The van der Waals surface area contributed by atoms with Crippen LogP contribution in [0, 0.1) is 10.1 Å². The molecule has 0 spiro atoms. The Bertz CT molecular complexity index is 1400. The Balaban J connectivity index is 1.37. The zero-order valence-electron chi connectivity index (χ0n) is 15.6. The van der Waals surface area contributed by atoms with Crippen LogP contribution in [0.5, 0.6) is 0 Å². The van der Waals surface area contributed by atoms with Gasteiger partial charge in [0.15, 0.2) is 5.58 Å². The van der Waals surface area contributed by atoms with Gasteiger partial charge in [-0.1, -0.05) is 30.3 Å². The highest BCUT2D eigenvalue weighted by atomic mass is 16.6. The SMILES string of the molecule is O=C(Cn1c(=O)oc2cc([N+](=O)[O-])ccc21)Nc1ccc2c(c1)Cc1ccccc1-2. The van der Waals surface area contributed by atoms with Gasteiger partial charge in [-0.25, -0.2) is 4.79 Å². The first-order valence-electron chi connectivity index (χ1n) is 9.28. The second-order valence-electron chi connectivity index (χ2n) is 7.12. The molecule has 0 radical (unpaired) electrons. The van der Waals surface area contributed by atoms with Gasteiger partial charge in [0.1, 0.15) is 6.54 Å². The number of nitrogens with one attached hydrogen (secondary N) is 1. The number of hydrogen-bond donors (Lipinski definition) is 1. The largest absolute Gasteiger partial charge is 0.420 e. The molecule has 0 unspecified atom stereocenters. The molecule has 0 fully saturated rings. The van der Waals surface area contributed by atoms with Crippen molar-refractivity contribution in [2.24, 2.45) is 0 Å². The molecule has 0 aliphatic heterocycles. The minimum absolute atomic E-state index is 0.0669. The van der Waals surface area contributed by atoms with E-state index in [2.05, 4.69) is 17.4 Å². The highest BCUT2D eigenvalue weighted by Crippen LogP contribution is 2.37. The van der Waals surface area contributed by atoms with Crippen LogP contribution in [0.1, 0.15) is 11.1 Å². The molecule has 5 rings (SSSR count). The number of carbonyl (C=O) groups is 1. The van der Waals surface area contributed by atoms with E-state index in [1.54, 1.807) is 0 Å². The van der Waals surface area contributed by atoms with Crippen molar-refractivity contribution in [2.75, 3.05) is 5.32 Å². The van der Waals surface area contributed by atoms with Crippen LogP contribution >= 0.6 is 0 Å². The smallest absolute Gasteiger partial charge is 0.407 e. The Morgan fingerprint density at radius 3 is 2.70 bits per heavy atom. The molecule has 1 aliphatic carbocycles.